The average molecular weight is 649 g/mol. The predicted molar refractivity (Wildman–Crippen MR) is 181 cm³/mol. The lowest BCUT2D eigenvalue weighted by Crippen LogP contribution is -2.46. The van der Waals surface area contributed by atoms with Gasteiger partial charge in [0.2, 0.25) is 5.91 Å². The van der Waals surface area contributed by atoms with Crippen LogP contribution in [0.15, 0.2) is 97.1 Å². The largest absolute Gasteiger partial charge is 0.378 e. The molecule has 1 N–H and O–H groups in total. The van der Waals surface area contributed by atoms with Crippen LogP contribution in [0.3, 0.4) is 0 Å². The van der Waals surface area contributed by atoms with Gasteiger partial charge in [-0.05, 0) is 71.1 Å². The highest BCUT2D eigenvalue weighted by molar-refractivity contribution is 6.52. The molecular weight excluding hydrogens is 611 g/mol. The number of carbonyl (C=O) groups is 4. The first kappa shape index (κ1) is 32.6. The molecule has 246 valence electrons. The van der Waals surface area contributed by atoms with Gasteiger partial charge < -0.3 is 19.9 Å². The molecule has 10 heteroatoms. The number of ether oxygens (including phenoxy) is 1. The Balaban J connectivity index is 1.35. The Morgan fingerprint density at radius 3 is 2.17 bits per heavy atom. The number of nitrogens with one attached hydrogen (secondary N) is 1. The van der Waals surface area contributed by atoms with Crippen LogP contribution >= 0.6 is 0 Å². The predicted octanol–water partition coefficient (Wildman–Crippen LogP) is 5.72. The molecule has 0 saturated carbocycles. The molecular formula is C38H37FN4O5. The number of para-hydroxylation sites is 1. The van der Waals surface area contributed by atoms with Crippen molar-refractivity contribution < 1.29 is 28.3 Å². The van der Waals surface area contributed by atoms with Crippen molar-refractivity contribution in [1.82, 2.24) is 4.90 Å². The fraction of sp³-hybridized carbons (Fsp3) is 0.263. The zero-order chi connectivity index (χ0) is 33.8. The summed E-state index contributed by atoms with van der Waals surface area (Å²) in [7, 11) is 0. The lowest BCUT2D eigenvalue weighted by atomic mass is 9.97. The van der Waals surface area contributed by atoms with Crippen molar-refractivity contribution in [2.45, 2.75) is 32.4 Å². The van der Waals surface area contributed by atoms with Crippen LogP contribution in [0.1, 0.15) is 52.9 Å². The summed E-state index contributed by atoms with van der Waals surface area (Å²) in [6.45, 7) is 6.45. The monoisotopic (exact) mass is 648 g/mol. The van der Waals surface area contributed by atoms with E-state index in [4.69, 9.17) is 4.74 Å². The van der Waals surface area contributed by atoms with Crippen LogP contribution in [0.5, 0.6) is 0 Å². The minimum atomic E-state index is -1.13. The van der Waals surface area contributed by atoms with Crippen molar-refractivity contribution in [2.75, 3.05) is 48.0 Å². The van der Waals surface area contributed by atoms with E-state index in [1.165, 1.54) is 17.0 Å². The zero-order valence-electron chi connectivity index (χ0n) is 26.9. The fourth-order valence-electron chi connectivity index (χ4n) is 6.07. The van der Waals surface area contributed by atoms with Crippen molar-refractivity contribution >= 4 is 40.6 Å². The number of fused-ring (bicyclic) bond motifs is 1. The third kappa shape index (κ3) is 6.99. The second-order valence-corrected chi connectivity index (χ2v) is 12.2. The van der Waals surface area contributed by atoms with E-state index >= 15 is 0 Å². The third-order valence-corrected chi connectivity index (χ3v) is 8.75. The van der Waals surface area contributed by atoms with E-state index in [2.05, 4.69) is 24.1 Å². The fourth-order valence-corrected chi connectivity index (χ4v) is 6.07. The van der Waals surface area contributed by atoms with E-state index in [1.54, 1.807) is 36.4 Å². The molecule has 1 unspecified atom stereocenters. The molecule has 0 spiro atoms. The summed E-state index contributed by atoms with van der Waals surface area (Å²) < 4.78 is 19.3. The van der Waals surface area contributed by atoms with Gasteiger partial charge >= 0.3 is 0 Å². The number of carbonyl (C=O) groups excluding carboxylic acids is 4. The van der Waals surface area contributed by atoms with Gasteiger partial charge in [0.15, 0.2) is 0 Å². The summed E-state index contributed by atoms with van der Waals surface area (Å²) in [5.41, 5.74) is 4.32. The normalized spacial score (nSPS) is 15.0. The molecule has 1 atom stereocenters. The lowest BCUT2D eigenvalue weighted by Gasteiger charge is -2.33. The number of morpholine rings is 1. The SMILES string of the molecule is CC(C)c1ccc(C(C(=O)Nc2ccc(N3CCOCC3)cc2)N(Cc2ccc(F)cc2)C(=O)CN2C(=O)C(=O)c3ccccc32)cc1. The number of Topliss-reactive ketones (excluding diaryl/α,β-unsaturated/α-hetero) is 1. The Hall–Kier alpha value is -5.35. The quantitative estimate of drug-likeness (QED) is 0.221. The Morgan fingerprint density at radius 1 is 0.854 bits per heavy atom. The Kier molecular flexibility index (Phi) is 9.63. The van der Waals surface area contributed by atoms with E-state index in [0.29, 0.717) is 35.7 Å². The molecule has 0 bridgehead atoms. The molecule has 2 aliphatic heterocycles. The Labute approximate surface area is 278 Å². The minimum absolute atomic E-state index is 0.0588. The van der Waals surface area contributed by atoms with Crippen molar-refractivity contribution in [2.24, 2.45) is 0 Å². The average Bonchev–Trinajstić information content (AvgIpc) is 3.34. The van der Waals surface area contributed by atoms with Gasteiger partial charge in [0, 0.05) is 31.0 Å². The topological polar surface area (TPSA) is 99.3 Å². The smallest absolute Gasteiger partial charge is 0.299 e. The van der Waals surface area contributed by atoms with Gasteiger partial charge in [0.05, 0.1) is 24.5 Å². The number of benzene rings is 4. The summed E-state index contributed by atoms with van der Waals surface area (Å²) in [5.74, 6) is -2.73. The molecule has 2 heterocycles. The number of amides is 3. The van der Waals surface area contributed by atoms with Crippen molar-refractivity contribution in [3.63, 3.8) is 0 Å². The number of nitrogens with zero attached hydrogens (tertiary/aromatic N) is 3. The second kappa shape index (κ2) is 14.2. The first-order chi connectivity index (χ1) is 23.2. The summed E-state index contributed by atoms with van der Waals surface area (Å²) in [5, 5.41) is 2.99. The van der Waals surface area contributed by atoms with E-state index in [-0.39, 0.29) is 18.0 Å². The molecule has 48 heavy (non-hydrogen) atoms. The minimum Gasteiger partial charge on any atom is -0.378 e. The zero-order valence-corrected chi connectivity index (χ0v) is 26.9. The standard InChI is InChI=1S/C38H37FN4O5/c1-25(2)27-9-11-28(12-10-27)35(37(46)40-30-15-17-31(18-16-30)41-19-21-48-22-20-41)43(23-26-7-13-29(39)14-8-26)34(44)24-42-33-6-4-3-5-32(33)36(45)38(42)47/h3-18,25,35H,19-24H2,1-2H3,(H,40,46). The second-order valence-electron chi connectivity index (χ2n) is 12.2. The number of anilines is 3. The molecule has 1 saturated heterocycles. The van der Waals surface area contributed by atoms with Crippen LogP contribution in [-0.4, -0.2) is 61.3 Å². The van der Waals surface area contributed by atoms with Crippen LogP contribution in [0.2, 0.25) is 0 Å². The molecule has 1 fully saturated rings. The van der Waals surface area contributed by atoms with Gasteiger partial charge in [-0.3, -0.25) is 24.1 Å². The van der Waals surface area contributed by atoms with E-state index in [9.17, 15) is 23.6 Å². The molecule has 6 rings (SSSR count). The molecule has 0 aliphatic carbocycles. The first-order valence-electron chi connectivity index (χ1n) is 16.0. The molecule has 2 aliphatic rings. The van der Waals surface area contributed by atoms with Crippen molar-refractivity contribution in [1.29, 1.82) is 0 Å². The maximum Gasteiger partial charge on any atom is 0.299 e. The van der Waals surface area contributed by atoms with Gasteiger partial charge in [-0.2, -0.15) is 0 Å². The Morgan fingerprint density at radius 2 is 1.50 bits per heavy atom. The van der Waals surface area contributed by atoms with Gasteiger partial charge in [-0.1, -0.05) is 62.4 Å². The van der Waals surface area contributed by atoms with Gasteiger partial charge in [-0.25, -0.2) is 4.39 Å². The maximum absolute atomic E-state index is 14.4. The van der Waals surface area contributed by atoms with Gasteiger partial charge in [0.25, 0.3) is 17.6 Å². The van der Waals surface area contributed by atoms with Crippen molar-refractivity contribution in [3.8, 4) is 0 Å². The van der Waals surface area contributed by atoms with Gasteiger partial charge in [-0.15, -0.1) is 0 Å². The molecule has 4 aromatic rings. The Bertz CT molecular complexity index is 1800. The van der Waals surface area contributed by atoms with Crippen LogP contribution in [0, 0.1) is 5.82 Å². The van der Waals surface area contributed by atoms with Crippen molar-refractivity contribution in [3.05, 3.63) is 125 Å². The number of hydrogen-bond donors (Lipinski definition) is 1. The molecule has 0 radical (unpaired) electrons. The van der Waals surface area contributed by atoms with Crippen LogP contribution < -0.4 is 15.1 Å². The maximum atomic E-state index is 14.4. The molecule has 9 nitrogen and oxygen atoms in total. The number of hydrogen-bond acceptors (Lipinski definition) is 6. The van der Waals surface area contributed by atoms with Crippen LogP contribution in [-0.2, 0) is 25.7 Å². The van der Waals surface area contributed by atoms with Crippen LogP contribution in [0.4, 0.5) is 21.5 Å². The number of rotatable bonds is 10. The highest BCUT2D eigenvalue weighted by Gasteiger charge is 2.39. The van der Waals surface area contributed by atoms with Gasteiger partial charge in [0.1, 0.15) is 18.4 Å². The first-order valence-corrected chi connectivity index (χ1v) is 16.0. The van der Waals surface area contributed by atoms with Crippen LogP contribution in [0.25, 0.3) is 0 Å². The number of ketones is 1. The summed E-state index contributed by atoms with van der Waals surface area (Å²) >= 11 is 0. The third-order valence-electron chi connectivity index (χ3n) is 8.75. The summed E-state index contributed by atoms with van der Waals surface area (Å²) in [6.07, 6.45) is 0. The molecule has 0 aromatic heterocycles. The highest BCUT2D eigenvalue weighted by Crippen LogP contribution is 2.31. The van der Waals surface area contributed by atoms with E-state index < -0.39 is 41.9 Å². The van der Waals surface area contributed by atoms with E-state index in [1.807, 2.05) is 48.5 Å². The lowest BCUT2D eigenvalue weighted by molar-refractivity contribution is -0.139. The summed E-state index contributed by atoms with van der Waals surface area (Å²) in [4.78, 5) is 59.2. The highest BCUT2D eigenvalue weighted by atomic mass is 19.1. The molecule has 3 amide bonds. The summed E-state index contributed by atoms with van der Waals surface area (Å²) in [6, 6.07) is 26.1. The number of halogens is 1. The molecule has 4 aromatic carbocycles. The van der Waals surface area contributed by atoms with E-state index in [0.717, 1.165) is 29.2 Å².